The zero-order valence-corrected chi connectivity index (χ0v) is 8.99. The quantitative estimate of drug-likeness (QED) is 0.570. The van der Waals surface area contributed by atoms with Crippen molar-refractivity contribution in [2.45, 2.75) is 32.2 Å². The highest BCUT2D eigenvalue weighted by atomic mass is 32.2. The summed E-state index contributed by atoms with van der Waals surface area (Å²) in [5.41, 5.74) is 0. The molecule has 0 saturated carbocycles. The van der Waals surface area contributed by atoms with E-state index in [-0.39, 0.29) is 0 Å². The third kappa shape index (κ3) is 8.37. The molecule has 0 rings (SSSR count). The van der Waals surface area contributed by atoms with Crippen molar-refractivity contribution >= 4 is 11.8 Å². The molecule has 3 heteroatoms. The van der Waals surface area contributed by atoms with E-state index >= 15 is 0 Å². The Morgan fingerprint density at radius 2 is 2.00 bits per heavy atom. The average molecular weight is 191 g/mol. The number of thioether (sulfide) groups is 1. The molecule has 2 nitrogen and oxygen atoms in total. The Labute approximate surface area is 80.1 Å². The first-order chi connectivity index (χ1) is 5.81. The van der Waals surface area contributed by atoms with Crippen LogP contribution in [0.5, 0.6) is 0 Å². The van der Waals surface area contributed by atoms with Gasteiger partial charge in [-0.3, -0.25) is 0 Å². The van der Waals surface area contributed by atoms with Crippen LogP contribution < -0.4 is 5.32 Å². The van der Waals surface area contributed by atoms with Gasteiger partial charge in [0.05, 0.1) is 0 Å². The summed E-state index contributed by atoms with van der Waals surface area (Å²) in [6.45, 7) is 2.54. The van der Waals surface area contributed by atoms with E-state index in [9.17, 15) is 0 Å². The molecular formula is C9H21NOS. The molecule has 0 aromatic rings. The summed E-state index contributed by atoms with van der Waals surface area (Å²) in [5.74, 6) is 2.33. The summed E-state index contributed by atoms with van der Waals surface area (Å²) in [6, 6.07) is 0.642. The van der Waals surface area contributed by atoms with Crippen LogP contribution >= 0.6 is 11.8 Å². The summed E-state index contributed by atoms with van der Waals surface area (Å²) < 4.78 is 0. The fourth-order valence-electron chi connectivity index (χ4n) is 0.905. The summed E-state index contributed by atoms with van der Waals surface area (Å²) in [5, 5.41) is 11.7. The van der Waals surface area contributed by atoms with E-state index < -0.39 is 0 Å². The highest BCUT2D eigenvalue weighted by Gasteiger charge is 1.96. The predicted molar refractivity (Wildman–Crippen MR) is 56.8 cm³/mol. The second kappa shape index (κ2) is 9.36. The molecule has 1 unspecified atom stereocenters. The smallest absolute Gasteiger partial charge is 0.0438 e. The Morgan fingerprint density at radius 3 is 2.58 bits per heavy atom. The van der Waals surface area contributed by atoms with Crippen LogP contribution in [0.2, 0.25) is 0 Å². The van der Waals surface area contributed by atoms with Crippen molar-refractivity contribution in [3.05, 3.63) is 0 Å². The number of aliphatic hydroxyl groups excluding tert-OH is 1. The van der Waals surface area contributed by atoms with Crippen molar-refractivity contribution in [1.82, 2.24) is 5.32 Å². The zero-order valence-electron chi connectivity index (χ0n) is 8.18. The molecule has 0 amide bonds. The van der Waals surface area contributed by atoms with Gasteiger partial charge in [-0.1, -0.05) is 0 Å². The monoisotopic (exact) mass is 191 g/mol. The van der Waals surface area contributed by atoms with Gasteiger partial charge in [-0.2, -0.15) is 11.8 Å². The third-order valence-electron chi connectivity index (χ3n) is 1.87. The van der Waals surface area contributed by atoms with Crippen LogP contribution in [-0.2, 0) is 0 Å². The molecule has 0 bridgehead atoms. The van der Waals surface area contributed by atoms with Gasteiger partial charge in [0.15, 0.2) is 0 Å². The number of rotatable bonds is 8. The number of aliphatic hydroxyl groups is 1. The highest BCUT2D eigenvalue weighted by molar-refractivity contribution is 7.99. The topological polar surface area (TPSA) is 32.3 Å². The minimum Gasteiger partial charge on any atom is -0.396 e. The van der Waals surface area contributed by atoms with E-state index in [0.717, 1.165) is 12.2 Å². The van der Waals surface area contributed by atoms with Gasteiger partial charge < -0.3 is 10.4 Å². The summed E-state index contributed by atoms with van der Waals surface area (Å²) in [4.78, 5) is 0. The van der Waals surface area contributed by atoms with Gasteiger partial charge in [0, 0.05) is 12.6 Å². The van der Waals surface area contributed by atoms with Gasteiger partial charge in [-0.05, 0) is 44.7 Å². The second-order valence-corrected chi connectivity index (χ2v) is 4.25. The van der Waals surface area contributed by atoms with Crippen molar-refractivity contribution in [1.29, 1.82) is 0 Å². The largest absolute Gasteiger partial charge is 0.396 e. The first kappa shape index (κ1) is 12.3. The molecule has 0 radical (unpaired) electrons. The van der Waals surface area contributed by atoms with E-state index in [1.165, 1.54) is 18.6 Å². The van der Waals surface area contributed by atoms with Crippen molar-refractivity contribution in [2.24, 2.45) is 0 Å². The molecule has 2 N–H and O–H groups in total. The molecule has 0 aliphatic heterocycles. The fraction of sp³-hybridized carbons (Fsp3) is 1.00. The molecule has 0 aromatic carbocycles. The normalized spacial score (nSPS) is 13.2. The second-order valence-electron chi connectivity index (χ2n) is 3.02. The maximum absolute atomic E-state index is 8.53. The lowest BCUT2D eigenvalue weighted by Gasteiger charge is -2.08. The van der Waals surface area contributed by atoms with Crippen molar-refractivity contribution in [3.8, 4) is 0 Å². The Balaban J connectivity index is 2.90. The minimum absolute atomic E-state index is 0.333. The molecule has 1 atom stereocenters. The van der Waals surface area contributed by atoms with Gasteiger partial charge >= 0.3 is 0 Å². The molecule has 0 aliphatic rings. The van der Waals surface area contributed by atoms with Gasteiger partial charge in [-0.25, -0.2) is 0 Å². The molecule has 0 aliphatic carbocycles. The van der Waals surface area contributed by atoms with Gasteiger partial charge in [0.25, 0.3) is 0 Å². The molecule has 0 heterocycles. The minimum atomic E-state index is 0.333. The Kier molecular flexibility index (Phi) is 9.57. The van der Waals surface area contributed by atoms with Crippen molar-refractivity contribution < 1.29 is 5.11 Å². The highest BCUT2D eigenvalue weighted by Crippen LogP contribution is 2.07. The maximum Gasteiger partial charge on any atom is 0.0438 e. The third-order valence-corrected chi connectivity index (χ3v) is 3.02. The lowest BCUT2D eigenvalue weighted by molar-refractivity contribution is 0.296. The number of hydrogen-bond donors (Lipinski definition) is 2. The molecular weight excluding hydrogens is 170 g/mol. The Bertz CT molecular complexity index is 90.6. The SMILES string of the molecule is CNC(C)CCCSCCCO. The Morgan fingerprint density at radius 1 is 1.33 bits per heavy atom. The molecule has 74 valence electrons. The molecule has 0 spiro atoms. The maximum atomic E-state index is 8.53. The van der Waals surface area contributed by atoms with Crippen LogP contribution in [0.25, 0.3) is 0 Å². The number of hydrogen-bond acceptors (Lipinski definition) is 3. The number of nitrogens with one attached hydrogen (secondary N) is 1. The van der Waals surface area contributed by atoms with E-state index in [2.05, 4.69) is 12.2 Å². The predicted octanol–water partition coefficient (Wildman–Crippen LogP) is 1.49. The van der Waals surface area contributed by atoms with Crippen molar-refractivity contribution in [2.75, 3.05) is 25.2 Å². The zero-order chi connectivity index (χ0) is 9.23. The Hall–Kier alpha value is 0.270. The van der Waals surface area contributed by atoms with Crippen LogP contribution in [0.3, 0.4) is 0 Å². The van der Waals surface area contributed by atoms with Gasteiger partial charge in [-0.15, -0.1) is 0 Å². The fourth-order valence-corrected chi connectivity index (χ4v) is 1.81. The van der Waals surface area contributed by atoms with Gasteiger partial charge in [0.1, 0.15) is 0 Å². The van der Waals surface area contributed by atoms with Crippen LogP contribution in [0.4, 0.5) is 0 Å². The van der Waals surface area contributed by atoms with E-state index in [4.69, 9.17) is 5.11 Å². The van der Waals surface area contributed by atoms with Crippen LogP contribution in [0, 0.1) is 0 Å². The van der Waals surface area contributed by atoms with Crippen LogP contribution in [0.1, 0.15) is 26.2 Å². The van der Waals surface area contributed by atoms with Gasteiger partial charge in [0.2, 0.25) is 0 Å². The average Bonchev–Trinajstić information content (AvgIpc) is 2.10. The van der Waals surface area contributed by atoms with E-state index in [0.29, 0.717) is 12.6 Å². The summed E-state index contributed by atoms with van der Waals surface area (Å²) in [7, 11) is 2.00. The first-order valence-corrected chi connectivity index (χ1v) is 5.82. The lowest BCUT2D eigenvalue weighted by Crippen LogP contribution is -2.20. The summed E-state index contributed by atoms with van der Waals surface area (Å²) >= 11 is 1.94. The molecule has 0 aromatic heterocycles. The van der Waals surface area contributed by atoms with Crippen LogP contribution in [0.15, 0.2) is 0 Å². The standard InChI is InChI=1S/C9H21NOS/c1-9(10-2)5-3-7-12-8-4-6-11/h9-11H,3-8H2,1-2H3. The van der Waals surface area contributed by atoms with Crippen molar-refractivity contribution in [3.63, 3.8) is 0 Å². The first-order valence-electron chi connectivity index (χ1n) is 4.67. The lowest BCUT2D eigenvalue weighted by atomic mass is 10.2. The van der Waals surface area contributed by atoms with E-state index in [1.54, 1.807) is 0 Å². The molecule has 0 fully saturated rings. The van der Waals surface area contributed by atoms with E-state index in [1.807, 2.05) is 18.8 Å². The molecule has 0 saturated heterocycles. The summed E-state index contributed by atoms with van der Waals surface area (Å²) in [6.07, 6.45) is 3.47. The van der Waals surface area contributed by atoms with Crippen LogP contribution in [-0.4, -0.2) is 36.3 Å². The molecule has 12 heavy (non-hydrogen) atoms.